The number of furan rings is 1. The van der Waals surface area contributed by atoms with Crippen molar-refractivity contribution >= 4 is 11.6 Å². The van der Waals surface area contributed by atoms with Crippen molar-refractivity contribution in [1.29, 1.82) is 0 Å². The van der Waals surface area contributed by atoms with E-state index >= 15 is 0 Å². The number of carbonyl (C=O) groups excluding carboxylic acids is 1. The van der Waals surface area contributed by atoms with Crippen molar-refractivity contribution in [3.8, 4) is 0 Å². The molecule has 19 heavy (non-hydrogen) atoms. The van der Waals surface area contributed by atoms with Gasteiger partial charge in [-0.05, 0) is 25.1 Å². The topological polar surface area (TPSA) is 62.5 Å². The number of aliphatic hydroxyl groups excluding tert-OH is 1. The van der Waals surface area contributed by atoms with E-state index in [2.05, 4.69) is 5.32 Å². The predicted molar refractivity (Wildman–Crippen MR) is 73.1 cm³/mol. The molecule has 4 nitrogen and oxygen atoms in total. The lowest BCUT2D eigenvalue weighted by atomic mass is 10.1. The number of carbonyl (C=O) groups is 1. The third-order valence-electron chi connectivity index (χ3n) is 2.89. The largest absolute Gasteiger partial charge is 0.456 e. The molecule has 0 bridgehead atoms. The number of amides is 1. The predicted octanol–water partition coefficient (Wildman–Crippen LogP) is 3.15. The van der Waals surface area contributed by atoms with Crippen molar-refractivity contribution in [3.63, 3.8) is 0 Å². The van der Waals surface area contributed by atoms with E-state index in [-0.39, 0.29) is 11.7 Å². The SMILES string of the molecule is CCc1ccc(C(=O)Nc2ccccc2C(C)O)o1. The highest BCUT2D eigenvalue weighted by Crippen LogP contribution is 2.23. The number of anilines is 1. The number of benzene rings is 1. The van der Waals surface area contributed by atoms with Crippen LogP contribution in [0.5, 0.6) is 0 Å². The fraction of sp³-hybridized carbons (Fsp3) is 0.267. The van der Waals surface area contributed by atoms with Gasteiger partial charge in [-0.25, -0.2) is 0 Å². The van der Waals surface area contributed by atoms with Gasteiger partial charge in [0.25, 0.3) is 5.91 Å². The number of aryl methyl sites for hydroxylation is 1. The molecule has 0 saturated carbocycles. The van der Waals surface area contributed by atoms with Crippen LogP contribution in [0.2, 0.25) is 0 Å². The molecule has 100 valence electrons. The quantitative estimate of drug-likeness (QED) is 0.886. The van der Waals surface area contributed by atoms with Gasteiger partial charge in [-0.1, -0.05) is 25.1 Å². The van der Waals surface area contributed by atoms with Crippen LogP contribution in [0.25, 0.3) is 0 Å². The molecule has 2 rings (SSSR count). The zero-order valence-electron chi connectivity index (χ0n) is 11.0. The zero-order chi connectivity index (χ0) is 13.8. The Morgan fingerprint density at radius 1 is 1.32 bits per heavy atom. The molecule has 1 unspecified atom stereocenters. The first-order chi connectivity index (χ1) is 9.11. The standard InChI is InChI=1S/C15H17NO3/c1-3-11-8-9-14(19-11)15(18)16-13-7-5-4-6-12(13)10(2)17/h4-10,17H,3H2,1-2H3,(H,16,18). The zero-order valence-corrected chi connectivity index (χ0v) is 11.0. The molecule has 2 aromatic rings. The fourth-order valence-corrected chi connectivity index (χ4v) is 1.85. The van der Waals surface area contributed by atoms with Gasteiger partial charge in [-0.3, -0.25) is 4.79 Å². The lowest BCUT2D eigenvalue weighted by molar-refractivity contribution is 0.0994. The molecule has 1 aromatic heterocycles. The number of hydrogen-bond donors (Lipinski definition) is 2. The third kappa shape index (κ3) is 3.03. The second kappa shape index (κ2) is 5.71. The van der Waals surface area contributed by atoms with Crippen molar-refractivity contribution in [3.05, 3.63) is 53.5 Å². The molecule has 2 N–H and O–H groups in total. The summed E-state index contributed by atoms with van der Waals surface area (Å²) in [4.78, 5) is 12.0. The van der Waals surface area contributed by atoms with E-state index in [0.29, 0.717) is 11.3 Å². The Balaban J connectivity index is 2.19. The summed E-state index contributed by atoms with van der Waals surface area (Å²) in [7, 11) is 0. The summed E-state index contributed by atoms with van der Waals surface area (Å²) in [5.74, 6) is 0.735. The first-order valence-corrected chi connectivity index (χ1v) is 6.29. The number of rotatable bonds is 4. The van der Waals surface area contributed by atoms with Gasteiger partial charge in [0.05, 0.1) is 6.10 Å². The molecule has 0 aliphatic rings. The van der Waals surface area contributed by atoms with Gasteiger partial charge in [0.2, 0.25) is 0 Å². The Labute approximate surface area is 112 Å². The van der Waals surface area contributed by atoms with Gasteiger partial charge >= 0.3 is 0 Å². The van der Waals surface area contributed by atoms with Crippen LogP contribution in [0.3, 0.4) is 0 Å². The van der Waals surface area contributed by atoms with Crippen LogP contribution in [0, 0.1) is 0 Å². The van der Waals surface area contributed by atoms with Crippen LogP contribution in [0.4, 0.5) is 5.69 Å². The van der Waals surface area contributed by atoms with E-state index < -0.39 is 6.10 Å². The molecular weight excluding hydrogens is 242 g/mol. The Bertz CT molecular complexity index is 572. The summed E-state index contributed by atoms with van der Waals surface area (Å²) in [5, 5.41) is 12.4. The van der Waals surface area contributed by atoms with Gasteiger partial charge in [0.15, 0.2) is 5.76 Å². The van der Waals surface area contributed by atoms with Crippen LogP contribution in [-0.2, 0) is 6.42 Å². The summed E-state index contributed by atoms with van der Waals surface area (Å²) >= 11 is 0. The van der Waals surface area contributed by atoms with Gasteiger partial charge < -0.3 is 14.8 Å². The van der Waals surface area contributed by atoms with Crippen LogP contribution >= 0.6 is 0 Å². The van der Waals surface area contributed by atoms with Gasteiger partial charge in [-0.2, -0.15) is 0 Å². The third-order valence-corrected chi connectivity index (χ3v) is 2.89. The highest BCUT2D eigenvalue weighted by Gasteiger charge is 2.14. The number of aliphatic hydroxyl groups is 1. The molecule has 4 heteroatoms. The summed E-state index contributed by atoms with van der Waals surface area (Å²) in [6, 6.07) is 10.6. The van der Waals surface area contributed by atoms with Crippen molar-refractivity contribution < 1.29 is 14.3 Å². The molecule has 0 saturated heterocycles. The lowest BCUT2D eigenvalue weighted by Gasteiger charge is -2.12. The van der Waals surface area contributed by atoms with Crippen molar-refractivity contribution in [2.45, 2.75) is 26.4 Å². The minimum atomic E-state index is -0.640. The number of para-hydroxylation sites is 1. The Kier molecular flexibility index (Phi) is 4.02. The summed E-state index contributed by atoms with van der Waals surface area (Å²) in [6.45, 7) is 3.62. The molecule has 0 fully saturated rings. The van der Waals surface area contributed by atoms with Crippen LogP contribution < -0.4 is 5.32 Å². The van der Waals surface area contributed by atoms with E-state index in [4.69, 9.17) is 4.42 Å². The highest BCUT2D eigenvalue weighted by atomic mass is 16.3. The maximum atomic E-state index is 12.0. The normalized spacial score (nSPS) is 12.2. The minimum absolute atomic E-state index is 0.275. The second-order valence-electron chi connectivity index (χ2n) is 4.34. The molecule has 1 atom stereocenters. The summed E-state index contributed by atoms with van der Waals surface area (Å²) in [5.41, 5.74) is 1.27. The van der Waals surface area contributed by atoms with Crippen molar-refractivity contribution in [2.75, 3.05) is 5.32 Å². The van der Waals surface area contributed by atoms with Crippen molar-refractivity contribution in [1.82, 2.24) is 0 Å². The average molecular weight is 259 g/mol. The van der Waals surface area contributed by atoms with E-state index in [0.717, 1.165) is 12.2 Å². The maximum Gasteiger partial charge on any atom is 0.291 e. The number of nitrogens with one attached hydrogen (secondary N) is 1. The summed E-state index contributed by atoms with van der Waals surface area (Å²) < 4.78 is 5.39. The van der Waals surface area contributed by atoms with Crippen molar-refractivity contribution in [2.24, 2.45) is 0 Å². The molecule has 0 spiro atoms. The van der Waals surface area contributed by atoms with E-state index in [9.17, 15) is 9.90 Å². The lowest BCUT2D eigenvalue weighted by Crippen LogP contribution is -2.13. The van der Waals surface area contributed by atoms with E-state index in [1.807, 2.05) is 13.0 Å². The van der Waals surface area contributed by atoms with Crippen LogP contribution in [0.15, 0.2) is 40.8 Å². The molecule has 1 amide bonds. The van der Waals surface area contributed by atoms with E-state index in [1.54, 1.807) is 37.3 Å². The maximum absolute atomic E-state index is 12.0. The smallest absolute Gasteiger partial charge is 0.291 e. The first kappa shape index (κ1) is 13.4. The molecule has 0 radical (unpaired) electrons. The fourth-order valence-electron chi connectivity index (χ4n) is 1.85. The Morgan fingerprint density at radius 2 is 2.05 bits per heavy atom. The van der Waals surface area contributed by atoms with Gasteiger partial charge in [0, 0.05) is 17.7 Å². The van der Waals surface area contributed by atoms with Gasteiger partial charge in [-0.15, -0.1) is 0 Å². The molecule has 0 aliphatic carbocycles. The Hall–Kier alpha value is -2.07. The second-order valence-corrected chi connectivity index (χ2v) is 4.34. The van der Waals surface area contributed by atoms with E-state index in [1.165, 1.54) is 0 Å². The molecule has 1 aromatic carbocycles. The Morgan fingerprint density at radius 3 is 2.68 bits per heavy atom. The molecule has 1 heterocycles. The van der Waals surface area contributed by atoms with Crippen LogP contribution in [-0.4, -0.2) is 11.0 Å². The van der Waals surface area contributed by atoms with Crippen LogP contribution in [0.1, 0.15) is 41.8 Å². The monoisotopic (exact) mass is 259 g/mol. The van der Waals surface area contributed by atoms with Gasteiger partial charge in [0.1, 0.15) is 5.76 Å². The average Bonchev–Trinajstić information content (AvgIpc) is 2.88. The minimum Gasteiger partial charge on any atom is -0.456 e. The summed E-state index contributed by atoms with van der Waals surface area (Å²) in [6.07, 6.45) is 0.108. The molecule has 0 aliphatic heterocycles. The first-order valence-electron chi connectivity index (χ1n) is 6.29. The highest BCUT2D eigenvalue weighted by molar-refractivity contribution is 6.02. The number of hydrogen-bond acceptors (Lipinski definition) is 3. The molecular formula is C15H17NO3.